The maximum atomic E-state index is 12.5. The van der Waals surface area contributed by atoms with Crippen LogP contribution in [0.15, 0.2) is 18.2 Å². The van der Waals surface area contributed by atoms with Gasteiger partial charge in [0.15, 0.2) is 0 Å². The number of halogens is 3. The molecule has 0 radical (unpaired) electrons. The molecule has 1 aliphatic carbocycles. The Bertz CT molecular complexity index is 424. The fourth-order valence-corrected chi connectivity index (χ4v) is 2.09. The quantitative estimate of drug-likeness (QED) is 0.747. The molecule has 1 aromatic carbocycles. The van der Waals surface area contributed by atoms with Gasteiger partial charge in [-0.3, -0.25) is 4.79 Å². The van der Waals surface area contributed by atoms with Gasteiger partial charge in [0, 0.05) is 6.42 Å². The van der Waals surface area contributed by atoms with Crippen LogP contribution in [0.1, 0.15) is 23.1 Å². The topological polar surface area (TPSA) is 17.1 Å². The van der Waals surface area contributed by atoms with Crippen molar-refractivity contribution in [3.05, 3.63) is 34.9 Å². The summed E-state index contributed by atoms with van der Waals surface area (Å²) in [6, 6.07) is 5.48. The van der Waals surface area contributed by atoms with Crippen molar-refractivity contribution in [2.45, 2.75) is 31.1 Å². The molecule has 0 atom stereocenters. The molecular weight excluding hydrogens is 234 g/mol. The number of fused-ring (bicyclic) bond motifs is 1. The van der Waals surface area contributed by atoms with E-state index in [1.54, 1.807) is 6.07 Å². The van der Waals surface area contributed by atoms with E-state index in [1.807, 2.05) is 12.1 Å². The van der Waals surface area contributed by atoms with Crippen LogP contribution in [0.3, 0.4) is 0 Å². The summed E-state index contributed by atoms with van der Waals surface area (Å²) in [4.78, 5) is 11.1. The highest BCUT2D eigenvalue weighted by Gasteiger charge is 2.35. The highest BCUT2D eigenvalue weighted by molar-refractivity contribution is 6.32. The normalized spacial score (nSPS) is 14.9. The van der Waals surface area contributed by atoms with Crippen LogP contribution in [0.2, 0.25) is 0 Å². The van der Waals surface area contributed by atoms with Gasteiger partial charge in [-0.15, -0.1) is 0 Å². The highest BCUT2D eigenvalue weighted by atomic mass is 35.5. The average molecular weight is 245 g/mol. The van der Waals surface area contributed by atoms with Gasteiger partial charge in [0.2, 0.25) is 5.78 Å². The lowest BCUT2D eigenvalue weighted by atomic mass is 10.0. The second kappa shape index (κ2) is 4.13. The van der Waals surface area contributed by atoms with Crippen LogP contribution >= 0.6 is 11.6 Å². The molecule has 0 amide bonds. The van der Waals surface area contributed by atoms with Crippen LogP contribution in [0.25, 0.3) is 0 Å². The molecule has 0 spiro atoms. The second-order valence-corrected chi connectivity index (χ2v) is 4.53. The zero-order valence-electron chi connectivity index (χ0n) is 8.60. The van der Waals surface area contributed by atoms with Gasteiger partial charge in [-0.1, -0.05) is 18.2 Å². The third-order valence-corrected chi connectivity index (χ3v) is 3.05. The van der Waals surface area contributed by atoms with Crippen molar-refractivity contribution in [3.8, 4) is 0 Å². The maximum Gasteiger partial charge on any atom is 0.380 e. The third-order valence-electron chi connectivity index (χ3n) is 2.84. The van der Waals surface area contributed by atoms with Gasteiger partial charge in [-0.05, 0) is 47.6 Å². The first-order valence-electron chi connectivity index (χ1n) is 5.17. The first-order chi connectivity index (χ1) is 7.47. The van der Waals surface area contributed by atoms with E-state index >= 15 is 0 Å². The molecule has 0 bridgehead atoms. The lowest BCUT2D eigenvalue weighted by molar-refractivity contribution is -0.132. The Hall–Kier alpha value is -0.960. The number of rotatable bonds is 3. The Morgan fingerprint density at radius 1 is 1.31 bits per heavy atom. The molecule has 1 aliphatic rings. The summed E-state index contributed by atoms with van der Waals surface area (Å²) in [5.41, 5.74) is 3.04. The summed E-state index contributed by atoms with van der Waals surface area (Å²) in [5.74, 6) is -1.24. The minimum atomic E-state index is -3.75. The van der Waals surface area contributed by atoms with Crippen LogP contribution in [0, 0.1) is 0 Å². The van der Waals surface area contributed by atoms with Gasteiger partial charge in [0.1, 0.15) is 0 Å². The van der Waals surface area contributed by atoms with Crippen molar-refractivity contribution >= 4 is 17.4 Å². The van der Waals surface area contributed by atoms with E-state index in [1.165, 1.54) is 11.1 Å². The number of carbonyl (C=O) groups is 1. The number of alkyl halides is 3. The number of Topliss-reactive ketones (excluding diaryl/α,β-unsaturated/α-hetero) is 1. The number of aryl methyl sites for hydroxylation is 2. The molecule has 0 N–H and O–H groups in total. The lowest BCUT2D eigenvalue weighted by Gasteiger charge is -2.07. The minimum absolute atomic E-state index is 0.302. The van der Waals surface area contributed by atoms with E-state index in [0.29, 0.717) is 5.56 Å². The molecule has 1 nitrogen and oxygen atoms in total. The number of hydrogen-bond donors (Lipinski definition) is 0. The largest absolute Gasteiger partial charge is 0.380 e. The van der Waals surface area contributed by atoms with Crippen LogP contribution < -0.4 is 0 Å². The Balaban J connectivity index is 2.14. The van der Waals surface area contributed by atoms with E-state index in [-0.39, 0.29) is 6.42 Å². The van der Waals surface area contributed by atoms with Crippen LogP contribution in [-0.4, -0.2) is 11.2 Å². The molecular formula is C12H11ClF2O. The molecule has 0 heterocycles. The van der Waals surface area contributed by atoms with Crippen LogP contribution in [-0.2, 0) is 24.1 Å². The van der Waals surface area contributed by atoms with Gasteiger partial charge in [0.25, 0.3) is 0 Å². The fraction of sp³-hybridized carbons (Fsp3) is 0.417. The number of benzene rings is 1. The molecule has 0 saturated heterocycles. The Kier molecular flexibility index (Phi) is 2.98. The van der Waals surface area contributed by atoms with E-state index in [2.05, 4.69) is 11.6 Å². The number of hydrogen-bond acceptors (Lipinski definition) is 1. The van der Waals surface area contributed by atoms with Gasteiger partial charge >= 0.3 is 5.38 Å². The molecule has 86 valence electrons. The van der Waals surface area contributed by atoms with Crippen molar-refractivity contribution in [2.24, 2.45) is 0 Å². The highest BCUT2D eigenvalue weighted by Crippen LogP contribution is 2.25. The summed E-state index contributed by atoms with van der Waals surface area (Å²) in [6.07, 6.45) is 2.80. The number of carbonyl (C=O) groups excluding carboxylic acids is 1. The van der Waals surface area contributed by atoms with Crippen LogP contribution in [0.5, 0.6) is 0 Å². The predicted molar refractivity (Wildman–Crippen MR) is 58.0 cm³/mol. The molecule has 0 aromatic heterocycles. The molecule has 16 heavy (non-hydrogen) atoms. The zero-order valence-corrected chi connectivity index (χ0v) is 9.36. The molecule has 2 rings (SSSR count). The van der Waals surface area contributed by atoms with E-state index in [4.69, 9.17) is 0 Å². The van der Waals surface area contributed by atoms with Gasteiger partial charge in [-0.2, -0.15) is 8.78 Å². The van der Waals surface area contributed by atoms with E-state index in [9.17, 15) is 13.6 Å². The third kappa shape index (κ3) is 2.40. The fourth-order valence-electron chi connectivity index (χ4n) is 2.02. The molecule has 0 fully saturated rings. The van der Waals surface area contributed by atoms with Gasteiger partial charge in [-0.25, -0.2) is 0 Å². The summed E-state index contributed by atoms with van der Waals surface area (Å²) in [6.45, 7) is 0. The molecule has 0 saturated carbocycles. The van der Waals surface area contributed by atoms with Crippen molar-refractivity contribution in [1.29, 1.82) is 0 Å². The number of ketones is 1. The molecule has 0 aliphatic heterocycles. The first kappa shape index (κ1) is 11.5. The standard InChI is InChI=1S/C12H11ClF2O/c13-12(14,15)11(16)7-8-4-5-9-2-1-3-10(9)6-8/h4-6H,1-3,7H2. The van der Waals surface area contributed by atoms with Crippen molar-refractivity contribution in [2.75, 3.05) is 0 Å². The molecule has 4 heteroatoms. The monoisotopic (exact) mass is 244 g/mol. The Morgan fingerprint density at radius 2 is 2.00 bits per heavy atom. The Morgan fingerprint density at radius 3 is 2.69 bits per heavy atom. The van der Waals surface area contributed by atoms with Crippen LogP contribution in [0.4, 0.5) is 8.78 Å². The predicted octanol–water partition coefficient (Wildman–Crippen LogP) is 3.12. The summed E-state index contributed by atoms with van der Waals surface area (Å²) >= 11 is 4.67. The van der Waals surface area contributed by atoms with Gasteiger partial charge in [0.05, 0.1) is 0 Å². The summed E-state index contributed by atoms with van der Waals surface area (Å²) < 4.78 is 25.0. The zero-order chi connectivity index (χ0) is 11.8. The van der Waals surface area contributed by atoms with Crippen molar-refractivity contribution < 1.29 is 13.6 Å². The minimum Gasteiger partial charge on any atom is -0.291 e. The smallest absolute Gasteiger partial charge is 0.291 e. The second-order valence-electron chi connectivity index (χ2n) is 4.05. The lowest BCUT2D eigenvalue weighted by Crippen LogP contribution is -2.23. The Labute approximate surface area is 97.4 Å². The van der Waals surface area contributed by atoms with E-state index in [0.717, 1.165) is 19.3 Å². The SMILES string of the molecule is O=C(Cc1ccc2c(c1)CCC2)C(F)(F)Cl. The van der Waals surface area contributed by atoms with Crippen molar-refractivity contribution in [1.82, 2.24) is 0 Å². The molecule has 1 aromatic rings. The first-order valence-corrected chi connectivity index (χ1v) is 5.55. The van der Waals surface area contributed by atoms with Gasteiger partial charge < -0.3 is 0 Å². The van der Waals surface area contributed by atoms with E-state index < -0.39 is 11.2 Å². The molecule has 0 unspecified atom stereocenters. The van der Waals surface area contributed by atoms with Crippen molar-refractivity contribution in [3.63, 3.8) is 0 Å². The summed E-state index contributed by atoms with van der Waals surface area (Å²) in [7, 11) is 0. The summed E-state index contributed by atoms with van der Waals surface area (Å²) in [5, 5.41) is -3.75. The average Bonchev–Trinajstić information content (AvgIpc) is 2.63. The maximum absolute atomic E-state index is 12.5.